The first-order valence-electron chi connectivity index (χ1n) is 5.52. The van der Waals surface area contributed by atoms with Gasteiger partial charge in [-0.25, -0.2) is 24.3 Å². The van der Waals surface area contributed by atoms with Gasteiger partial charge in [0.1, 0.15) is 0 Å². The highest BCUT2D eigenvalue weighted by atomic mass is 16.4. The molecule has 0 radical (unpaired) electrons. The first-order valence-corrected chi connectivity index (χ1v) is 5.52. The lowest BCUT2D eigenvalue weighted by molar-refractivity contribution is -0.139. The molecule has 19 heavy (non-hydrogen) atoms. The van der Waals surface area contributed by atoms with Gasteiger partial charge in [0.25, 0.3) is 0 Å². The number of carboxylic acid groups (broad SMARTS) is 1. The summed E-state index contributed by atoms with van der Waals surface area (Å²) < 4.78 is 0. The molecular formula is C12H11N3O4. The van der Waals surface area contributed by atoms with E-state index in [4.69, 9.17) is 5.11 Å². The van der Waals surface area contributed by atoms with Crippen LogP contribution in [0.2, 0.25) is 0 Å². The number of urea groups is 2. The second-order valence-electron chi connectivity index (χ2n) is 3.84. The number of imide groups is 1. The Labute approximate surface area is 108 Å². The molecule has 0 aromatic heterocycles. The van der Waals surface area contributed by atoms with Gasteiger partial charge in [0.15, 0.2) is 6.04 Å². The van der Waals surface area contributed by atoms with Gasteiger partial charge in [-0.05, 0) is 5.56 Å². The average molecular weight is 261 g/mol. The SMILES string of the molecule is O=C(O)C(NC(=O)N1CC=NC1=O)c1ccccc1. The van der Waals surface area contributed by atoms with Crippen molar-refractivity contribution in [3.63, 3.8) is 0 Å². The molecule has 0 saturated carbocycles. The summed E-state index contributed by atoms with van der Waals surface area (Å²) in [6.07, 6.45) is 1.29. The van der Waals surface area contributed by atoms with Crippen molar-refractivity contribution in [2.24, 2.45) is 4.99 Å². The number of carbonyl (C=O) groups excluding carboxylic acids is 2. The quantitative estimate of drug-likeness (QED) is 0.848. The zero-order chi connectivity index (χ0) is 13.8. The smallest absolute Gasteiger partial charge is 0.351 e. The van der Waals surface area contributed by atoms with E-state index in [2.05, 4.69) is 10.3 Å². The number of carboxylic acids is 1. The van der Waals surface area contributed by atoms with Crippen molar-refractivity contribution in [3.8, 4) is 0 Å². The molecule has 1 unspecified atom stereocenters. The van der Waals surface area contributed by atoms with Gasteiger partial charge in [0.05, 0.1) is 6.54 Å². The molecular weight excluding hydrogens is 250 g/mol. The van der Waals surface area contributed by atoms with Gasteiger partial charge in [0.2, 0.25) is 0 Å². The Morgan fingerprint density at radius 3 is 2.53 bits per heavy atom. The molecule has 7 nitrogen and oxygen atoms in total. The van der Waals surface area contributed by atoms with Crippen LogP contribution in [0, 0.1) is 0 Å². The predicted molar refractivity (Wildman–Crippen MR) is 65.9 cm³/mol. The number of nitrogens with one attached hydrogen (secondary N) is 1. The van der Waals surface area contributed by atoms with Crippen molar-refractivity contribution in [1.29, 1.82) is 0 Å². The van der Waals surface area contributed by atoms with Crippen LogP contribution < -0.4 is 5.32 Å². The van der Waals surface area contributed by atoms with Crippen molar-refractivity contribution in [3.05, 3.63) is 35.9 Å². The number of rotatable bonds is 3. The van der Waals surface area contributed by atoms with E-state index >= 15 is 0 Å². The van der Waals surface area contributed by atoms with E-state index in [0.29, 0.717) is 5.56 Å². The minimum atomic E-state index is -1.21. The lowest BCUT2D eigenvalue weighted by Crippen LogP contribution is -2.44. The number of carbonyl (C=O) groups is 3. The van der Waals surface area contributed by atoms with Crippen LogP contribution in [0.3, 0.4) is 0 Å². The molecule has 98 valence electrons. The Balaban J connectivity index is 2.12. The highest BCUT2D eigenvalue weighted by molar-refractivity contribution is 6.03. The number of hydrogen-bond acceptors (Lipinski definition) is 3. The first-order chi connectivity index (χ1) is 9.09. The third-order valence-electron chi connectivity index (χ3n) is 2.59. The van der Waals surface area contributed by atoms with E-state index in [9.17, 15) is 14.4 Å². The van der Waals surface area contributed by atoms with E-state index in [1.807, 2.05) is 0 Å². The van der Waals surface area contributed by atoms with Gasteiger partial charge < -0.3 is 10.4 Å². The minimum absolute atomic E-state index is 0.0474. The highest BCUT2D eigenvalue weighted by Gasteiger charge is 2.29. The lowest BCUT2D eigenvalue weighted by atomic mass is 10.1. The fourth-order valence-corrected chi connectivity index (χ4v) is 1.65. The summed E-state index contributed by atoms with van der Waals surface area (Å²) in [7, 11) is 0. The number of benzene rings is 1. The number of nitrogens with zero attached hydrogens (tertiary/aromatic N) is 2. The molecule has 0 saturated heterocycles. The van der Waals surface area contributed by atoms with Crippen molar-refractivity contribution < 1.29 is 19.5 Å². The maximum atomic E-state index is 11.8. The predicted octanol–water partition coefficient (Wildman–Crippen LogP) is 1.03. The zero-order valence-electron chi connectivity index (χ0n) is 9.81. The lowest BCUT2D eigenvalue weighted by Gasteiger charge is -2.18. The summed E-state index contributed by atoms with van der Waals surface area (Å²) in [6, 6.07) is 5.56. The van der Waals surface area contributed by atoms with Crippen LogP contribution in [0.4, 0.5) is 9.59 Å². The average Bonchev–Trinajstić information content (AvgIpc) is 2.82. The number of aliphatic imine (C=N–C) groups is 1. The van der Waals surface area contributed by atoms with Gasteiger partial charge >= 0.3 is 18.0 Å². The van der Waals surface area contributed by atoms with Gasteiger partial charge in [-0.15, -0.1) is 0 Å². The van der Waals surface area contributed by atoms with Crippen LogP contribution in [0.5, 0.6) is 0 Å². The van der Waals surface area contributed by atoms with Crippen LogP contribution >= 0.6 is 0 Å². The summed E-state index contributed by atoms with van der Waals surface area (Å²) in [5, 5.41) is 11.4. The Morgan fingerprint density at radius 2 is 2.00 bits per heavy atom. The summed E-state index contributed by atoms with van der Waals surface area (Å²) in [5.74, 6) is -1.20. The normalized spacial score (nSPS) is 15.4. The third kappa shape index (κ3) is 2.76. The minimum Gasteiger partial charge on any atom is -0.479 e. The van der Waals surface area contributed by atoms with Crippen molar-refractivity contribution in [2.75, 3.05) is 6.54 Å². The van der Waals surface area contributed by atoms with Crippen molar-refractivity contribution >= 4 is 24.2 Å². The molecule has 7 heteroatoms. The molecule has 1 atom stereocenters. The molecule has 1 heterocycles. The molecule has 0 fully saturated rings. The Morgan fingerprint density at radius 1 is 1.32 bits per heavy atom. The second kappa shape index (κ2) is 5.30. The van der Waals surface area contributed by atoms with Crippen LogP contribution in [-0.2, 0) is 4.79 Å². The third-order valence-corrected chi connectivity index (χ3v) is 2.59. The van der Waals surface area contributed by atoms with E-state index in [1.165, 1.54) is 6.21 Å². The standard InChI is InChI=1S/C12H11N3O4/c16-10(17)9(8-4-2-1-3-5-8)14-12(19)15-7-6-13-11(15)18/h1-6,9H,7H2,(H,14,19)(H,16,17). The molecule has 1 aromatic rings. The van der Waals surface area contributed by atoms with Crippen molar-refractivity contribution in [2.45, 2.75) is 6.04 Å². The van der Waals surface area contributed by atoms with Crippen molar-refractivity contribution in [1.82, 2.24) is 10.2 Å². The number of amides is 4. The number of aliphatic carboxylic acids is 1. The monoisotopic (exact) mass is 261 g/mol. The van der Waals surface area contributed by atoms with E-state index < -0.39 is 24.1 Å². The van der Waals surface area contributed by atoms with Crippen LogP contribution in [-0.4, -0.2) is 40.8 Å². The van der Waals surface area contributed by atoms with E-state index in [0.717, 1.165) is 4.90 Å². The topological polar surface area (TPSA) is 99.1 Å². The maximum absolute atomic E-state index is 11.8. The van der Waals surface area contributed by atoms with Gasteiger partial charge in [-0.1, -0.05) is 30.3 Å². The summed E-state index contributed by atoms with van der Waals surface area (Å²) in [6.45, 7) is 0.0474. The summed E-state index contributed by atoms with van der Waals surface area (Å²) in [4.78, 5) is 38.4. The van der Waals surface area contributed by atoms with Crippen LogP contribution in [0.25, 0.3) is 0 Å². The Hall–Kier alpha value is -2.70. The highest BCUT2D eigenvalue weighted by Crippen LogP contribution is 2.13. The Kier molecular flexibility index (Phi) is 3.56. The first kappa shape index (κ1) is 12.7. The summed E-state index contributed by atoms with van der Waals surface area (Å²) in [5.41, 5.74) is 0.427. The molecule has 0 spiro atoms. The van der Waals surface area contributed by atoms with E-state index in [-0.39, 0.29) is 6.54 Å². The fourth-order valence-electron chi connectivity index (χ4n) is 1.65. The largest absolute Gasteiger partial charge is 0.479 e. The molecule has 0 bridgehead atoms. The molecule has 4 amide bonds. The Bertz CT molecular complexity index is 541. The van der Waals surface area contributed by atoms with E-state index in [1.54, 1.807) is 30.3 Å². The molecule has 2 N–H and O–H groups in total. The number of hydrogen-bond donors (Lipinski definition) is 2. The van der Waals surface area contributed by atoms with Gasteiger partial charge in [-0.2, -0.15) is 0 Å². The molecule has 2 rings (SSSR count). The fraction of sp³-hybridized carbons (Fsp3) is 0.167. The molecule has 1 aliphatic rings. The van der Waals surface area contributed by atoms with Crippen LogP contribution in [0.1, 0.15) is 11.6 Å². The van der Waals surface area contributed by atoms with Gasteiger partial charge in [-0.3, -0.25) is 0 Å². The zero-order valence-corrected chi connectivity index (χ0v) is 9.81. The molecule has 1 aliphatic heterocycles. The molecule has 1 aromatic carbocycles. The second-order valence-corrected chi connectivity index (χ2v) is 3.84. The van der Waals surface area contributed by atoms with Crippen LogP contribution in [0.15, 0.2) is 35.3 Å². The molecule has 0 aliphatic carbocycles. The maximum Gasteiger partial charge on any atom is 0.351 e. The summed E-state index contributed by atoms with van der Waals surface area (Å²) >= 11 is 0. The van der Waals surface area contributed by atoms with Gasteiger partial charge in [0, 0.05) is 6.21 Å².